The van der Waals surface area contributed by atoms with Gasteiger partial charge in [-0.3, -0.25) is 0 Å². The molecule has 43 valence electrons. The van der Waals surface area contributed by atoms with E-state index >= 15 is 0 Å². The van der Waals surface area contributed by atoms with E-state index in [2.05, 4.69) is 26.5 Å². The van der Waals surface area contributed by atoms with Crippen LogP contribution in [0.3, 0.4) is 0 Å². The first-order valence-electron chi connectivity index (χ1n) is 2.73. The maximum Gasteiger partial charge on any atom is 0.0133 e. The van der Waals surface area contributed by atoms with Crippen molar-refractivity contribution in [1.29, 1.82) is 0 Å². The average molecular weight is 117 g/mol. The third-order valence-corrected chi connectivity index (χ3v) is 1.13. The molecule has 0 atom stereocenters. The lowest BCUT2D eigenvalue weighted by atomic mass is 10.1. The van der Waals surface area contributed by atoms with Crippen LogP contribution in [-0.2, 0) is 0 Å². The van der Waals surface area contributed by atoms with Gasteiger partial charge in [-0.25, -0.2) is 0 Å². The first-order chi connectivity index (χ1) is 3.27. The standard InChI is InChI=1S/C6H13S/c1-6(2)4-3-5-7/h5-7H,3-4H2,1-2H3. The van der Waals surface area contributed by atoms with Crippen LogP contribution < -0.4 is 0 Å². The van der Waals surface area contributed by atoms with Crippen molar-refractivity contribution in [3.05, 3.63) is 5.75 Å². The highest BCUT2D eigenvalue weighted by atomic mass is 32.1. The van der Waals surface area contributed by atoms with Gasteiger partial charge in [-0.05, 0) is 18.8 Å². The Balaban J connectivity index is 2.68. The van der Waals surface area contributed by atoms with Gasteiger partial charge in [0.05, 0.1) is 0 Å². The molecule has 1 radical (unpaired) electrons. The van der Waals surface area contributed by atoms with Crippen molar-refractivity contribution in [2.45, 2.75) is 26.7 Å². The van der Waals surface area contributed by atoms with Crippen LogP contribution in [0.4, 0.5) is 0 Å². The summed E-state index contributed by atoms with van der Waals surface area (Å²) in [4.78, 5) is 0. The normalized spacial score (nSPS) is 10.3. The van der Waals surface area contributed by atoms with Gasteiger partial charge in [0.2, 0.25) is 0 Å². The summed E-state index contributed by atoms with van der Waals surface area (Å²) in [5, 5.41) is 0. The molecule has 0 heterocycles. The molecule has 0 amide bonds. The zero-order valence-electron chi connectivity index (χ0n) is 5.02. The highest BCUT2D eigenvalue weighted by molar-refractivity contribution is 7.82. The number of thiol groups is 1. The zero-order chi connectivity index (χ0) is 5.70. The highest BCUT2D eigenvalue weighted by Gasteiger charge is 1.89. The van der Waals surface area contributed by atoms with Gasteiger partial charge in [0.1, 0.15) is 0 Å². The smallest absolute Gasteiger partial charge is 0.0133 e. The molecule has 0 aromatic heterocycles. The maximum absolute atomic E-state index is 3.97. The third-order valence-electron chi connectivity index (χ3n) is 0.873. The van der Waals surface area contributed by atoms with Gasteiger partial charge in [-0.15, -0.1) is 0 Å². The van der Waals surface area contributed by atoms with Crippen molar-refractivity contribution >= 4 is 12.6 Å². The largest absolute Gasteiger partial charge is 0.175 e. The summed E-state index contributed by atoms with van der Waals surface area (Å²) in [6.45, 7) is 4.44. The first-order valence-corrected chi connectivity index (χ1v) is 3.25. The van der Waals surface area contributed by atoms with Crippen molar-refractivity contribution in [3.8, 4) is 0 Å². The van der Waals surface area contributed by atoms with E-state index in [9.17, 15) is 0 Å². The van der Waals surface area contributed by atoms with E-state index in [1.54, 1.807) is 0 Å². The molecule has 0 fully saturated rings. The summed E-state index contributed by atoms with van der Waals surface area (Å²) in [5.41, 5.74) is 0. The maximum atomic E-state index is 3.97. The van der Waals surface area contributed by atoms with Crippen LogP contribution in [-0.4, -0.2) is 0 Å². The lowest BCUT2D eigenvalue weighted by Gasteiger charge is -1.98. The molecular weight excluding hydrogens is 104 g/mol. The molecule has 0 aliphatic heterocycles. The summed E-state index contributed by atoms with van der Waals surface area (Å²) in [6.07, 6.45) is 2.41. The number of hydrogen-bond acceptors (Lipinski definition) is 1. The Kier molecular flexibility index (Phi) is 4.73. The molecule has 0 bridgehead atoms. The zero-order valence-corrected chi connectivity index (χ0v) is 5.91. The molecule has 0 aromatic rings. The fourth-order valence-electron chi connectivity index (χ4n) is 0.408. The van der Waals surface area contributed by atoms with E-state index in [0.29, 0.717) is 0 Å². The quantitative estimate of drug-likeness (QED) is 0.539. The second kappa shape index (κ2) is 4.51. The first kappa shape index (κ1) is 7.35. The summed E-state index contributed by atoms with van der Waals surface area (Å²) >= 11 is 3.97. The van der Waals surface area contributed by atoms with Crippen molar-refractivity contribution in [2.24, 2.45) is 5.92 Å². The minimum atomic E-state index is 0.823. The van der Waals surface area contributed by atoms with Crippen molar-refractivity contribution in [1.82, 2.24) is 0 Å². The molecule has 0 spiro atoms. The van der Waals surface area contributed by atoms with Crippen molar-refractivity contribution in [2.75, 3.05) is 0 Å². The lowest BCUT2D eigenvalue weighted by Crippen LogP contribution is -1.83. The molecule has 0 rings (SSSR count). The summed E-state index contributed by atoms with van der Waals surface area (Å²) in [6, 6.07) is 0. The van der Waals surface area contributed by atoms with Gasteiger partial charge in [0, 0.05) is 5.75 Å². The van der Waals surface area contributed by atoms with Gasteiger partial charge in [0.15, 0.2) is 0 Å². The Morgan fingerprint density at radius 3 is 2.29 bits per heavy atom. The third kappa shape index (κ3) is 6.35. The highest BCUT2D eigenvalue weighted by Crippen LogP contribution is 2.05. The molecule has 0 N–H and O–H groups in total. The Morgan fingerprint density at radius 1 is 1.57 bits per heavy atom. The van der Waals surface area contributed by atoms with Crippen LogP contribution in [0.25, 0.3) is 0 Å². The summed E-state index contributed by atoms with van der Waals surface area (Å²) < 4.78 is 0. The second-order valence-corrected chi connectivity index (χ2v) is 2.52. The molecule has 0 aliphatic carbocycles. The minimum absolute atomic E-state index is 0.823. The van der Waals surface area contributed by atoms with Gasteiger partial charge in [-0.2, -0.15) is 12.6 Å². The Morgan fingerprint density at radius 2 is 2.14 bits per heavy atom. The monoisotopic (exact) mass is 117 g/mol. The average Bonchev–Trinajstić information content (AvgIpc) is 1.61. The summed E-state index contributed by atoms with van der Waals surface area (Å²) in [5.74, 6) is 2.74. The van der Waals surface area contributed by atoms with E-state index in [4.69, 9.17) is 0 Å². The van der Waals surface area contributed by atoms with Crippen LogP contribution in [0.15, 0.2) is 0 Å². The fourth-order valence-corrected chi connectivity index (χ4v) is 0.557. The number of rotatable bonds is 3. The van der Waals surface area contributed by atoms with E-state index < -0.39 is 0 Å². The summed E-state index contributed by atoms with van der Waals surface area (Å²) in [7, 11) is 0. The molecule has 1 heteroatoms. The van der Waals surface area contributed by atoms with E-state index in [-0.39, 0.29) is 0 Å². The van der Waals surface area contributed by atoms with E-state index in [1.165, 1.54) is 6.42 Å². The van der Waals surface area contributed by atoms with Crippen LogP contribution in [0.2, 0.25) is 0 Å². The Labute approximate surface area is 51.7 Å². The molecule has 0 saturated carbocycles. The number of hydrogen-bond donors (Lipinski definition) is 1. The van der Waals surface area contributed by atoms with E-state index in [0.717, 1.165) is 12.3 Å². The molecular formula is C6H13S. The van der Waals surface area contributed by atoms with Crippen LogP contribution >= 0.6 is 12.6 Å². The van der Waals surface area contributed by atoms with Gasteiger partial charge in [-0.1, -0.05) is 13.8 Å². The van der Waals surface area contributed by atoms with Gasteiger partial charge >= 0.3 is 0 Å². The van der Waals surface area contributed by atoms with Crippen LogP contribution in [0.5, 0.6) is 0 Å². The Hall–Kier alpha value is 0.350. The van der Waals surface area contributed by atoms with E-state index in [1.807, 2.05) is 5.75 Å². The molecule has 0 nitrogen and oxygen atoms in total. The molecule has 0 saturated heterocycles. The van der Waals surface area contributed by atoms with Crippen molar-refractivity contribution in [3.63, 3.8) is 0 Å². The van der Waals surface area contributed by atoms with Gasteiger partial charge < -0.3 is 0 Å². The molecule has 0 unspecified atom stereocenters. The van der Waals surface area contributed by atoms with Crippen molar-refractivity contribution < 1.29 is 0 Å². The molecule has 0 aromatic carbocycles. The molecule has 7 heavy (non-hydrogen) atoms. The van der Waals surface area contributed by atoms with Crippen LogP contribution in [0, 0.1) is 11.7 Å². The second-order valence-electron chi connectivity index (χ2n) is 2.15. The Bertz CT molecular complexity index is 33.2. The predicted molar refractivity (Wildman–Crippen MR) is 37.4 cm³/mol. The SMILES string of the molecule is CC(C)CC[CH]S. The lowest BCUT2D eigenvalue weighted by molar-refractivity contribution is 0.591. The minimum Gasteiger partial charge on any atom is -0.175 e. The predicted octanol–water partition coefficient (Wildman–Crippen LogP) is 2.51. The topological polar surface area (TPSA) is 0 Å². The molecule has 0 aliphatic rings. The van der Waals surface area contributed by atoms with Gasteiger partial charge in [0.25, 0.3) is 0 Å². The fraction of sp³-hybridized carbons (Fsp3) is 0.833. The van der Waals surface area contributed by atoms with Crippen LogP contribution in [0.1, 0.15) is 26.7 Å².